The summed E-state index contributed by atoms with van der Waals surface area (Å²) in [5.41, 5.74) is 1.18. The predicted octanol–water partition coefficient (Wildman–Crippen LogP) is 1.17. The zero-order chi connectivity index (χ0) is 18.2. The molecule has 1 aromatic heterocycles. The molecular weight excluding hydrogens is 323 g/mol. The molecule has 0 radical (unpaired) electrons. The van der Waals surface area contributed by atoms with Gasteiger partial charge in [-0.2, -0.15) is 0 Å². The van der Waals surface area contributed by atoms with Crippen LogP contribution >= 0.6 is 0 Å². The largest absolute Gasteiger partial charge is 0.526 e. The molecule has 0 aliphatic carbocycles. The first kappa shape index (κ1) is 17.6. The molecule has 1 aromatic carbocycles. The molecule has 2 aromatic rings. The molecule has 0 atom stereocenters. The number of furan rings is 1. The zero-order valence-corrected chi connectivity index (χ0v) is 14.7. The third kappa shape index (κ3) is 3.91. The normalized spacial score (nSPS) is 15.6. The van der Waals surface area contributed by atoms with E-state index < -0.39 is 12.7 Å². The lowest BCUT2D eigenvalue weighted by molar-refractivity contribution is 0.0240. The van der Waals surface area contributed by atoms with Crippen molar-refractivity contribution < 1.29 is 24.0 Å². The first-order valence-electron chi connectivity index (χ1n) is 8.36. The van der Waals surface area contributed by atoms with E-state index in [4.69, 9.17) is 9.15 Å². The van der Waals surface area contributed by atoms with E-state index in [0.29, 0.717) is 31.8 Å². The van der Waals surface area contributed by atoms with Crippen molar-refractivity contribution in [3.05, 3.63) is 24.3 Å². The second-order valence-corrected chi connectivity index (χ2v) is 7.17. The van der Waals surface area contributed by atoms with Crippen LogP contribution in [0.3, 0.4) is 0 Å². The Bertz CT molecular complexity index is 760. The van der Waals surface area contributed by atoms with Gasteiger partial charge in [-0.05, 0) is 39.0 Å². The molecule has 0 unspecified atom stereocenters. The molecule has 3 rings (SSSR count). The third-order valence-electron chi connectivity index (χ3n) is 4.08. The van der Waals surface area contributed by atoms with Crippen LogP contribution in [-0.4, -0.2) is 59.9 Å². The quantitative estimate of drug-likeness (QED) is 0.794. The van der Waals surface area contributed by atoms with E-state index in [9.17, 15) is 14.8 Å². The van der Waals surface area contributed by atoms with E-state index in [1.165, 1.54) is 0 Å². The fourth-order valence-electron chi connectivity index (χ4n) is 2.92. The molecule has 0 saturated carbocycles. The lowest BCUT2D eigenvalue weighted by Crippen LogP contribution is -2.50. The summed E-state index contributed by atoms with van der Waals surface area (Å²) in [5.74, 6) is 0. The average molecular weight is 346 g/mol. The van der Waals surface area contributed by atoms with Gasteiger partial charge in [0, 0.05) is 37.3 Å². The van der Waals surface area contributed by atoms with E-state index in [1.807, 2.05) is 32.9 Å². The minimum Gasteiger partial charge on any atom is -0.465 e. The van der Waals surface area contributed by atoms with E-state index in [1.54, 1.807) is 17.0 Å². The topological polar surface area (TPSA) is 86.4 Å². The predicted molar refractivity (Wildman–Crippen MR) is 96.1 cm³/mol. The van der Waals surface area contributed by atoms with Crippen LogP contribution in [-0.2, 0) is 4.74 Å². The number of nitrogens with zero attached hydrogens (tertiary/aromatic N) is 2. The van der Waals surface area contributed by atoms with Gasteiger partial charge < -0.3 is 29.0 Å². The van der Waals surface area contributed by atoms with E-state index in [2.05, 4.69) is 4.90 Å². The van der Waals surface area contributed by atoms with Gasteiger partial charge in [-0.1, -0.05) is 6.07 Å². The number of ether oxygens (including phenoxy) is 1. The van der Waals surface area contributed by atoms with Crippen molar-refractivity contribution in [3.8, 4) is 0 Å². The highest BCUT2D eigenvalue weighted by Crippen LogP contribution is 2.28. The number of hydrogen-bond acceptors (Lipinski definition) is 6. The number of carbonyl (C=O) groups excluding carboxylic acids is 1. The molecule has 1 aliphatic rings. The lowest BCUT2D eigenvalue weighted by atomic mass is 9.88. The van der Waals surface area contributed by atoms with E-state index >= 15 is 0 Å². The maximum absolute atomic E-state index is 12.2. The standard InChI is InChI=1S/C17H23BN2O5/c1-17(2,3)25-16(21)20-9-7-19(8-10-20)13-5-4-6-14-12(13)11-15(24-14)18(22)23/h4-6,11,22-23H,7-10H2,1-3H3. The molecule has 1 aliphatic heterocycles. The van der Waals surface area contributed by atoms with Crippen molar-refractivity contribution >= 4 is 35.5 Å². The highest BCUT2D eigenvalue weighted by atomic mass is 16.6. The third-order valence-corrected chi connectivity index (χ3v) is 4.08. The molecule has 8 heteroatoms. The summed E-state index contributed by atoms with van der Waals surface area (Å²) in [6, 6.07) is 7.28. The van der Waals surface area contributed by atoms with Crippen molar-refractivity contribution in [1.82, 2.24) is 4.90 Å². The number of anilines is 1. The zero-order valence-electron chi connectivity index (χ0n) is 14.7. The summed E-state index contributed by atoms with van der Waals surface area (Å²) >= 11 is 0. The Morgan fingerprint density at radius 2 is 1.88 bits per heavy atom. The van der Waals surface area contributed by atoms with Crippen LogP contribution in [0.5, 0.6) is 0 Å². The number of rotatable bonds is 2. The van der Waals surface area contributed by atoms with Crippen LogP contribution in [0.1, 0.15) is 20.8 Å². The maximum Gasteiger partial charge on any atom is 0.526 e. The second kappa shape index (κ2) is 6.61. The first-order valence-corrected chi connectivity index (χ1v) is 8.36. The maximum atomic E-state index is 12.2. The Balaban J connectivity index is 1.73. The molecule has 2 N–H and O–H groups in total. The highest BCUT2D eigenvalue weighted by molar-refractivity contribution is 6.57. The molecular formula is C17H23BN2O5. The Labute approximate surface area is 146 Å². The summed E-state index contributed by atoms with van der Waals surface area (Å²) in [5, 5.41) is 19.4. The first-order chi connectivity index (χ1) is 11.7. The summed E-state index contributed by atoms with van der Waals surface area (Å²) in [4.78, 5) is 16.0. The van der Waals surface area contributed by atoms with Crippen molar-refractivity contribution in [3.63, 3.8) is 0 Å². The van der Waals surface area contributed by atoms with Gasteiger partial charge in [0.05, 0.1) is 0 Å². The molecule has 134 valence electrons. The fraction of sp³-hybridized carbons (Fsp3) is 0.471. The number of hydrogen-bond donors (Lipinski definition) is 2. The van der Waals surface area contributed by atoms with Gasteiger partial charge in [0.25, 0.3) is 0 Å². The summed E-state index contributed by atoms with van der Waals surface area (Å²) in [7, 11) is -1.63. The van der Waals surface area contributed by atoms with Crippen LogP contribution in [0.25, 0.3) is 11.0 Å². The minimum atomic E-state index is -1.63. The SMILES string of the molecule is CC(C)(C)OC(=O)N1CCN(c2cccc3oc(B(O)O)cc23)CC1. The molecule has 7 nitrogen and oxygen atoms in total. The van der Waals surface area contributed by atoms with Crippen LogP contribution in [0, 0.1) is 0 Å². The summed E-state index contributed by atoms with van der Waals surface area (Å²) in [6.45, 7) is 8.04. The molecule has 25 heavy (non-hydrogen) atoms. The average Bonchev–Trinajstić information content (AvgIpc) is 2.98. The highest BCUT2D eigenvalue weighted by Gasteiger charge is 2.27. The molecule has 1 amide bonds. The van der Waals surface area contributed by atoms with Gasteiger partial charge in [0.2, 0.25) is 0 Å². The minimum absolute atomic E-state index is 0.120. The van der Waals surface area contributed by atoms with Crippen molar-refractivity contribution in [1.29, 1.82) is 0 Å². The number of piperazine rings is 1. The van der Waals surface area contributed by atoms with Gasteiger partial charge in [0.15, 0.2) is 0 Å². The molecule has 0 spiro atoms. The van der Waals surface area contributed by atoms with Crippen LogP contribution in [0.4, 0.5) is 10.5 Å². The molecule has 0 bridgehead atoms. The summed E-state index contributed by atoms with van der Waals surface area (Å²) in [6.07, 6.45) is -0.292. The number of amides is 1. The van der Waals surface area contributed by atoms with Gasteiger partial charge in [-0.15, -0.1) is 0 Å². The van der Waals surface area contributed by atoms with Gasteiger partial charge >= 0.3 is 13.2 Å². The van der Waals surface area contributed by atoms with Crippen molar-refractivity contribution in [2.45, 2.75) is 26.4 Å². The van der Waals surface area contributed by atoms with Crippen molar-refractivity contribution in [2.75, 3.05) is 31.1 Å². The van der Waals surface area contributed by atoms with Gasteiger partial charge in [-0.25, -0.2) is 4.79 Å². The Morgan fingerprint density at radius 3 is 2.48 bits per heavy atom. The van der Waals surface area contributed by atoms with Gasteiger partial charge in [0.1, 0.15) is 16.8 Å². The Hall–Kier alpha value is -2.19. The molecule has 2 heterocycles. The van der Waals surface area contributed by atoms with Crippen LogP contribution < -0.4 is 10.6 Å². The van der Waals surface area contributed by atoms with Crippen molar-refractivity contribution in [2.24, 2.45) is 0 Å². The Kier molecular flexibility index (Phi) is 4.66. The second-order valence-electron chi connectivity index (χ2n) is 7.17. The summed E-state index contributed by atoms with van der Waals surface area (Å²) < 4.78 is 10.9. The Morgan fingerprint density at radius 1 is 1.20 bits per heavy atom. The monoisotopic (exact) mass is 346 g/mol. The fourth-order valence-corrected chi connectivity index (χ4v) is 2.92. The molecule has 1 saturated heterocycles. The smallest absolute Gasteiger partial charge is 0.465 e. The van der Waals surface area contributed by atoms with Crippen LogP contribution in [0.15, 0.2) is 28.7 Å². The number of benzene rings is 1. The van der Waals surface area contributed by atoms with Crippen LogP contribution in [0.2, 0.25) is 0 Å². The molecule has 1 fully saturated rings. The lowest BCUT2D eigenvalue weighted by Gasteiger charge is -2.37. The number of carbonyl (C=O) groups is 1. The van der Waals surface area contributed by atoms with E-state index in [0.717, 1.165) is 11.1 Å². The van der Waals surface area contributed by atoms with E-state index in [-0.39, 0.29) is 11.8 Å². The van der Waals surface area contributed by atoms with Gasteiger partial charge in [-0.3, -0.25) is 0 Å². The number of fused-ring (bicyclic) bond motifs is 1.